The maximum absolute atomic E-state index is 2.28. The summed E-state index contributed by atoms with van der Waals surface area (Å²) in [5, 5.41) is 0. The molecule has 0 saturated heterocycles. The molecule has 0 aromatic rings. The molecule has 0 spiro atoms. The van der Waals surface area contributed by atoms with Crippen molar-refractivity contribution in [3.63, 3.8) is 0 Å². The third-order valence-corrected chi connectivity index (χ3v) is 4.58. The predicted octanol–water partition coefficient (Wildman–Crippen LogP) is 3.13. The molecule has 0 aromatic heterocycles. The molecule has 0 heterocycles. The Morgan fingerprint density at radius 2 is 1.33 bits per heavy atom. The van der Waals surface area contributed by atoms with Crippen molar-refractivity contribution < 1.29 is 0 Å². The molecule has 9 heavy (non-hydrogen) atoms. The summed E-state index contributed by atoms with van der Waals surface area (Å²) < 4.78 is 3.17. The van der Waals surface area contributed by atoms with Gasteiger partial charge in [-0.3, -0.25) is 0 Å². The van der Waals surface area contributed by atoms with Gasteiger partial charge in [-0.2, -0.15) is 0 Å². The molecule has 1 radical (unpaired) electrons. The molecule has 55 valence electrons. The summed E-state index contributed by atoms with van der Waals surface area (Å²) in [5.74, 6) is 0. The number of hydrogen-bond acceptors (Lipinski definition) is 0. The van der Waals surface area contributed by atoms with Crippen LogP contribution in [0.2, 0.25) is 8.94 Å². The second-order valence-corrected chi connectivity index (χ2v) is 5.82. The molecule has 0 nitrogen and oxygen atoms in total. The minimum atomic E-state index is 0.458. The van der Waals surface area contributed by atoms with E-state index in [1.54, 1.807) is 8.94 Å². The quantitative estimate of drug-likeness (QED) is 0.495. The minimum absolute atomic E-state index is 0.458. The van der Waals surface area contributed by atoms with Crippen molar-refractivity contribution in [1.29, 1.82) is 0 Å². The van der Waals surface area contributed by atoms with Crippen LogP contribution in [0.15, 0.2) is 0 Å². The molecule has 0 aliphatic heterocycles. The Bertz CT molecular complexity index is 37.8. The average molecular weight is 242 g/mol. The van der Waals surface area contributed by atoms with E-state index >= 15 is 0 Å². The molecule has 0 bridgehead atoms. The van der Waals surface area contributed by atoms with Gasteiger partial charge in [-0.05, 0) is 0 Å². The second kappa shape index (κ2) is 8.79. The van der Waals surface area contributed by atoms with Gasteiger partial charge >= 0.3 is 69.4 Å². The Balaban J connectivity index is 2.60. The fraction of sp³-hybridized carbons (Fsp3) is 1.00. The van der Waals surface area contributed by atoms with E-state index < -0.39 is 0 Å². The van der Waals surface area contributed by atoms with Crippen LogP contribution < -0.4 is 0 Å². The third-order valence-electron chi connectivity index (χ3n) is 1.28. The Morgan fingerprint density at radius 1 is 0.889 bits per heavy atom. The Labute approximate surface area is 69.5 Å². The molecule has 0 aliphatic rings. The summed E-state index contributed by atoms with van der Waals surface area (Å²) in [6.07, 6.45) is 5.78. The average Bonchev–Trinajstić information content (AvgIpc) is 1.89. The summed E-state index contributed by atoms with van der Waals surface area (Å²) in [6, 6.07) is 0. The summed E-state index contributed by atoms with van der Waals surface area (Å²) in [7, 11) is 0. The standard InChI is InChI=1S/C8H18Te/c1-3-5-7-9-8-6-4-2/h3-8H2,1-2H3/q+1. The van der Waals surface area contributed by atoms with E-state index in [1.165, 1.54) is 25.7 Å². The van der Waals surface area contributed by atoms with Crippen LogP contribution in [-0.4, -0.2) is 20.9 Å². The van der Waals surface area contributed by atoms with Crippen LogP contribution in [0.5, 0.6) is 0 Å². The van der Waals surface area contributed by atoms with Crippen molar-refractivity contribution in [2.24, 2.45) is 0 Å². The molecule has 0 rings (SSSR count). The van der Waals surface area contributed by atoms with Crippen LogP contribution in [0.1, 0.15) is 39.5 Å². The van der Waals surface area contributed by atoms with E-state index in [0.717, 1.165) is 0 Å². The van der Waals surface area contributed by atoms with Crippen LogP contribution >= 0.6 is 0 Å². The molecule has 0 saturated carbocycles. The van der Waals surface area contributed by atoms with Crippen LogP contribution in [0, 0.1) is 0 Å². The Kier molecular flexibility index (Phi) is 9.56. The third kappa shape index (κ3) is 8.79. The van der Waals surface area contributed by atoms with Crippen molar-refractivity contribution in [3.05, 3.63) is 0 Å². The van der Waals surface area contributed by atoms with Gasteiger partial charge in [-0.1, -0.05) is 0 Å². The van der Waals surface area contributed by atoms with Gasteiger partial charge in [0.1, 0.15) is 0 Å². The van der Waals surface area contributed by atoms with Crippen LogP contribution in [0.4, 0.5) is 0 Å². The zero-order valence-electron chi connectivity index (χ0n) is 6.65. The number of hydrogen-bond donors (Lipinski definition) is 0. The molecule has 0 N–H and O–H groups in total. The van der Waals surface area contributed by atoms with Gasteiger partial charge in [0.05, 0.1) is 0 Å². The molecule has 0 fully saturated rings. The van der Waals surface area contributed by atoms with E-state index in [-0.39, 0.29) is 0 Å². The normalized spacial score (nSPS) is 10.0. The first kappa shape index (κ1) is 9.79. The maximum atomic E-state index is 2.28. The van der Waals surface area contributed by atoms with Gasteiger partial charge in [0.25, 0.3) is 0 Å². The summed E-state index contributed by atoms with van der Waals surface area (Å²) in [5.41, 5.74) is 0. The van der Waals surface area contributed by atoms with Crippen molar-refractivity contribution in [2.75, 3.05) is 0 Å². The monoisotopic (exact) mass is 244 g/mol. The first-order chi connectivity index (χ1) is 4.41. The molecule has 0 aromatic carbocycles. The van der Waals surface area contributed by atoms with Crippen molar-refractivity contribution >= 4 is 20.9 Å². The SMILES string of the molecule is CCCC[Te+]CCCC. The van der Waals surface area contributed by atoms with Crippen molar-refractivity contribution in [3.8, 4) is 0 Å². The van der Waals surface area contributed by atoms with Crippen molar-refractivity contribution in [2.45, 2.75) is 48.5 Å². The molecule has 0 amide bonds. The topological polar surface area (TPSA) is 0 Å². The fourth-order valence-electron chi connectivity index (χ4n) is 0.595. The van der Waals surface area contributed by atoms with Gasteiger partial charge in [0.15, 0.2) is 0 Å². The molecule has 0 atom stereocenters. The summed E-state index contributed by atoms with van der Waals surface area (Å²) >= 11 is 0.458. The van der Waals surface area contributed by atoms with E-state index in [4.69, 9.17) is 0 Å². The zero-order valence-corrected chi connectivity index (χ0v) is 8.98. The van der Waals surface area contributed by atoms with Gasteiger partial charge in [-0.15, -0.1) is 0 Å². The van der Waals surface area contributed by atoms with E-state index in [0.29, 0.717) is 20.9 Å². The van der Waals surface area contributed by atoms with E-state index in [1.807, 2.05) is 0 Å². The molecule has 0 aliphatic carbocycles. The second-order valence-electron chi connectivity index (χ2n) is 2.32. The Morgan fingerprint density at radius 3 is 1.67 bits per heavy atom. The van der Waals surface area contributed by atoms with Crippen LogP contribution in [-0.2, 0) is 0 Å². The van der Waals surface area contributed by atoms with Crippen molar-refractivity contribution in [1.82, 2.24) is 0 Å². The summed E-state index contributed by atoms with van der Waals surface area (Å²) in [6.45, 7) is 4.57. The van der Waals surface area contributed by atoms with E-state index in [2.05, 4.69) is 13.8 Å². The Hall–Kier alpha value is 0.790. The summed E-state index contributed by atoms with van der Waals surface area (Å²) in [4.78, 5) is 0. The molecular weight excluding hydrogens is 224 g/mol. The van der Waals surface area contributed by atoms with Crippen LogP contribution in [0.25, 0.3) is 0 Å². The van der Waals surface area contributed by atoms with Gasteiger partial charge in [0, 0.05) is 0 Å². The van der Waals surface area contributed by atoms with Gasteiger partial charge < -0.3 is 0 Å². The fourth-order valence-corrected chi connectivity index (χ4v) is 3.99. The van der Waals surface area contributed by atoms with Gasteiger partial charge in [-0.25, -0.2) is 0 Å². The molecular formula is C8H18Te+. The van der Waals surface area contributed by atoms with Crippen LogP contribution in [0.3, 0.4) is 0 Å². The first-order valence-electron chi connectivity index (χ1n) is 3.99. The first-order valence-corrected chi connectivity index (χ1v) is 7.29. The van der Waals surface area contributed by atoms with E-state index in [9.17, 15) is 0 Å². The number of unbranched alkanes of at least 4 members (excludes halogenated alkanes) is 2. The van der Waals surface area contributed by atoms with Gasteiger partial charge in [0.2, 0.25) is 0 Å². The zero-order chi connectivity index (χ0) is 6.95. The molecule has 1 heteroatoms. The number of rotatable bonds is 6. The predicted molar refractivity (Wildman–Crippen MR) is 45.2 cm³/mol. The molecule has 0 unspecified atom stereocenters.